The summed E-state index contributed by atoms with van der Waals surface area (Å²) in [5.41, 5.74) is 4.65. The van der Waals surface area contributed by atoms with E-state index in [1.54, 1.807) is 22.7 Å². The quantitative estimate of drug-likeness (QED) is 0.233. The molecular formula is C32H22N2O2S2. The fraction of sp³-hybridized carbons (Fsp3) is 0.125. The van der Waals surface area contributed by atoms with Crippen LogP contribution in [0.1, 0.15) is 23.6 Å². The number of aromatic nitrogens is 2. The number of fused-ring (bicyclic) bond motifs is 6. The molecule has 6 heterocycles. The monoisotopic (exact) mass is 530 g/mol. The maximum absolute atomic E-state index is 14.6. The van der Waals surface area contributed by atoms with E-state index in [9.17, 15) is 9.59 Å². The van der Waals surface area contributed by atoms with Crippen molar-refractivity contribution in [1.29, 1.82) is 0 Å². The lowest BCUT2D eigenvalue weighted by Gasteiger charge is -2.10. The highest BCUT2D eigenvalue weighted by molar-refractivity contribution is 7.16. The molecule has 0 spiro atoms. The number of nitrogens with zero attached hydrogens (tertiary/aromatic N) is 2. The Hall–Kier alpha value is -4.00. The Kier molecular flexibility index (Phi) is 4.50. The highest BCUT2D eigenvalue weighted by Gasteiger charge is 2.30. The summed E-state index contributed by atoms with van der Waals surface area (Å²) in [5, 5.41) is 3.63. The molecule has 0 aliphatic heterocycles. The molecule has 0 saturated heterocycles. The van der Waals surface area contributed by atoms with Crippen LogP contribution >= 0.6 is 22.7 Å². The Labute approximate surface area is 225 Å². The van der Waals surface area contributed by atoms with E-state index in [-0.39, 0.29) is 11.1 Å². The molecular weight excluding hydrogens is 508 g/mol. The number of aryl methyl sites for hydroxylation is 2. The van der Waals surface area contributed by atoms with Gasteiger partial charge in [-0.1, -0.05) is 50.2 Å². The molecule has 8 aromatic rings. The second-order valence-corrected chi connectivity index (χ2v) is 12.1. The van der Waals surface area contributed by atoms with Gasteiger partial charge in [-0.3, -0.25) is 18.4 Å². The summed E-state index contributed by atoms with van der Waals surface area (Å²) in [6.07, 6.45) is 1.83. The first-order chi connectivity index (χ1) is 18.6. The lowest BCUT2D eigenvalue weighted by molar-refractivity contribution is 1.15. The molecule has 4 nitrogen and oxygen atoms in total. The number of thiophene rings is 2. The van der Waals surface area contributed by atoms with Crippen LogP contribution in [-0.2, 0) is 12.8 Å². The van der Waals surface area contributed by atoms with Crippen LogP contribution in [0.2, 0.25) is 0 Å². The predicted molar refractivity (Wildman–Crippen MR) is 161 cm³/mol. The zero-order valence-corrected chi connectivity index (χ0v) is 22.5. The largest absolute Gasteiger partial charge is 0.273 e. The van der Waals surface area contributed by atoms with Crippen LogP contribution in [0.15, 0.2) is 82.4 Å². The van der Waals surface area contributed by atoms with Gasteiger partial charge in [0.1, 0.15) is 0 Å². The van der Waals surface area contributed by atoms with Crippen LogP contribution in [0.5, 0.6) is 0 Å². The van der Waals surface area contributed by atoms with Crippen molar-refractivity contribution in [3.8, 4) is 20.9 Å². The molecule has 8 rings (SSSR count). The topological polar surface area (TPSA) is 43.0 Å². The van der Waals surface area contributed by atoms with Gasteiger partial charge in [0, 0.05) is 41.1 Å². The third kappa shape index (κ3) is 2.64. The fourth-order valence-electron chi connectivity index (χ4n) is 6.16. The summed E-state index contributed by atoms with van der Waals surface area (Å²) in [6.45, 7) is 4.26. The van der Waals surface area contributed by atoms with Gasteiger partial charge < -0.3 is 0 Å². The van der Waals surface area contributed by atoms with Crippen molar-refractivity contribution >= 4 is 66.3 Å². The van der Waals surface area contributed by atoms with Crippen LogP contribution in [0.25, 0.3) is 64.5 Å². The highest BCUT2D eigenvalue weighted by Crippen LogP contribution is 2.45. The average Bonchev–Trinajstić information content (AvgIpc) is 3.73. The Morgan fingerprint density at radius 3 is 1.39 bits per heavy atom. The van der Waals surface area contributed by atoms with Gasteiger partial charge in [0.15, 0.2) is 0 Å². The van der Waals surface area contributed by atoms with E-state index in [0.717, 1.165) is 66.2 Å². The molecule has 0 unspecified atom stereocenters. The van der Waals surface area contributed by atoms with E-state index < -0.39 is 0 Å². The van der Waals surface area contributed by atoms with Crippen molar-refractivity contribution in [2.45, 2.75) is 26.7 Å². The van der Waals surface area contributed by atoms with Crippen LogP contribution in [0, 0.1) is 0 Å². The fourth-order valence-corrected chi connectivity index (χ4v) is 8.14. The van der Waals surface area contributed by atoms with E-state index in [2.05, 4.69) is 38.1 Å². The number of benzene rings is 2. The van der Waals surface area contributed by atoms with Gasteiger partial charge >= 0.3 is 0 Å². The minimum absolute atomic E-state index is 0.0310. The number of hydrogen-bond donors (Lipinski definition) is 0. The summed E-state index contributed by atoms with van der Waals surface area (Å²) in [5.74, 6) is 0. The van der Waals surface area contributed by atoms with Gasteiger partial charge in [-0.15, -0.1) is 22.7 Å². The number of rotatable bonds is 4. The second-order valence-electron chi connectivity index (χ2n) is 9.75. The zero-order valence-electron chi connectivity index (χ0n) is 20.9. The van der Waals surface area contributed by atoms with Crippen molar-refractivity contribution in [3.63, 3.8) is 0 Å². The maximum atomic E-state index is 14.6. The Balaban J connectivity index is 1.74. The number of para-hydroxylation sites is 2. The molecule has 184 valence electrons. The maximum Gasteiger partial charge on any atom is 0.265 e. The lowest BCUT2D eigenvalue weighted by Crippen LogP contribution is -2.19. The first-order valence-corrected chi connectivity index (χ1v) is 14.5. The van der Waals surface area contributed by atoms with Gasteiger partial charge in [-0.25, -0.2) is 0 Å². The molecule has 0 bridgehead atoms. The second kappa shape index (κ2) is 7.76. The summed E-state index contributed by atoms with van der Waals surface area (Å²) >= 11 is 3.33. The van der Waals surface area contributed by atoms with E-state index in [0.29, 0.717) is 11.1 Å². The highest BCUT2D eigenvalue weighted by atomic mass is 32.1. The summed E-state index contributed by atoms with van der Waals surface area (Å²) in [6, 6.07) is 24.4. The first kappa shape index (κ1) is 22.0. The molecule has 0 N–H and O–H groups in total. The van der Waals surface area contributed by atoms with Crippen LogP contribution in [0.4, 0.5) is 0 Å². The smallest absolute Gasteiger partial charge is 0.265 e. The molecule has 0 saturated carbocycles. The van der Waals surface area contributed by atoms with Gasteiger partial charge in [-0.2, -0.15) is 0 Å². The van der Waals surface area contributed by atoms with E-state index >= 15 is 0 Å². The molecule has 0 atom stereocenters. The standard InChI is InChI=1S/C32H22N2O2S2/c1-3-17-13-15-23(37-17)27-25-19-9-5-7-11-21(19)34-29(25)30-26(20-10-6-8-12-22(20)33(30)31(27)35)28(32(34)36)24-16-14-18(4-2)38-24/h5-16H,3-4H2,1-2H3. The van der Waals surface area contributed by atoms with Gasteiger partial charge in [0.25, 0.3) is 11.1 Å². The third-order valence-electron chi connectivity index (χ3n) is 7.82. The SMILES string of the molecule is CCc1ccc(-c2c(=O)n3c4ccccc4c4c(-c5ccc(CC)s5)c(=O)n5c6ccccc6c2c5c43)s1. The van der Waals surface area contributed by atoms with Crippen LogP contribution in [0.3, 0.4) is 0 Å². The molecule has 6 aromatic heterocycles. The molecule has 0 aliphatic rings. The Bertz CT molecular complexity index is 2150. The molecule has 6 heteroatoms. The average molecular weight is 531 g/mol. The van der Waals surface area contributed by atoms with Crippen LogP contribution in [-0.4, -0.2) is 8.80 Å². The Morgan fingerprint density at radius 1 is 0.579 bits per heavy atom. The van der Waals surface area contributed by atoms with Crippen LogP contribution < -0.4 is 11.1 Å². The van der Waals surface area contributed by atoms with E-state index in [1.807, 2.05) is 57.3 Å². The minimum Gasteiger partial charge on any atom is -0.273 e. The van der Waals surface area contributed by atoms with Gasteiger partial charge in [-0.05, 0) is 49.2 Å². The molecule has 2 aromatic carbocycles. The lowest BCUT2D eigenvalue weighted by atomic mass is 10.0. The summed E-state index contributed by atoms with van der Waals surface area (Å²) < 4.78 is 3.73. The van der Waals surface area contributed by atoms with Gasteiger partial charge in [0.05, 0.1) is 33.2 Å². The number of pyridine rings is 2. The van der Waals surface area contributed by atoms with Crippen molar-refractivity contribution < 1.29 is 0 Å². The number of hydrogen-bond acceptors (Lipinski definition) is 4. The molecule has 0 fully saturated rings. The molecule has 0 radical (unpaired) electrons. The summed E-state index contributed by atoms with van der Waals surface area (Å²) in [4.78, 5) is 33.5. The van der Waals surface area contributed by atoms with Crippen molar-refractivity contribution in [1.82, 2.24) is 8.80 Å². The molecule has 0 amide bonds. The van der Waals surface area contributed by atoms with Crippen molar-refractivity contribution in [3.05, 3.63) is 103 Å². The molecule has 38 heavy (non-hydrogen) atoms. The van der Waals surface area contributed by atoms with Crippen molar-refractivity contribution in [2.24, 2.45) is 0 Å². The third-order valence-corrected chi connectivity index (χ3v) is 10.3. The summed E-state index contributed by atoms with van der Waals surface area (Å²) in [7, 11) is 0. The zero-order chi connectivity index (χ0) is 25.7. The Morgan fingerprint density at radius 2 is 1.00 bits per heavy atom. The van der Waals surface area contributed by atoms with E-state index in [1.165, 1.54) is 9.75 Å². The molecule has 0 aliphatic carbocycles. The normalized spacial score (nSPS) is 12.4. The minimum atomic E-state index is -0.0310. The van der Waals surface area contributed by atoms with Crippen molar-refractivity contribution in [2.75, 3.05) is 0 Å². The van der Waals surface area contributed by atoms with E-state index in [4.69, 9.17) is 0 Å². The predicted octanol–water partition coefficient (Wildman–Crippen LogP) is 7.83. The first-order valence-electron chi connectivity index (χ1n) is 12.9. The van der Waals surface area contributed by atoms with Gasteiger partial charge in [0.2, 0.25) is 0 Å².